The molecule has 7 heteroatoms. The number of rotatable bonds is 5. The predicted molar refractivity (Wildman–Crippen MR) is 70.2 cm³/mol. The van der Waals surface area contributed by atoms with E-state index in [1.807, 2.05) is 0 Å². The first-order valence-electron chi connectivity index (χ1n) is 5.34. The Kier molecular flexibility index (Phi) is 5.13. The highest BCUT2D eigenvalue weighted by Gasteiger charge is 2.15. The molecule has 1 aromatic carbocycles. The summed E-state index contributed by atoms with van der Waals surface area (Å²) in [5.74, 6) is -0.547. The van der Waals surface area contributed by atoms with Crippen molar-refractivity contribution < 1.29 is 13.2 Å². The molecule has 0 aliphatic carbocycles. The van der Waals surface area contributed by atoms with Gasteiger partial charge in [-0.25, -0.2) is 8.42 Å². The van der Waals surface area contributed by atoms with Crippen LogP contribution in [0.3, 0.4) is 0 Å². The monoisotopic (exact) mass is 290 g/mol. The smallest absolute Gasteiger partial charge is 0.236 e. The van der Waals surface area contributed by atoms with Gasteiger partial charge in [0.25, 0.3) is 0 Å². The molecule has 0 bridgehead atoms. The molecule has 1 aromatic rings. The highest BCUT2D eigenvalue weighted by atomic mass is 35.5. The summed E-state index contributed by atoms with van der Waals surface area (Å²) >= 11 is 5.68. The Balaban J connectivity index is 2.61. The fourth-order valence-corrected chi connectivity index (χ4v) is 2.51. The van der Waals surface area contributed by atoms with Crippen LogP contribution in [0.1, 0.15) is 6.92 Å². The van der Waals surface area contributed by atoms with E-state index in [2.05, 4.69) is 5.32 Å². The fraction of sp³-hybridized carbons (Fsp3) is 0.364. The minimum absolute atomic E-state index is 0.0331. The average Bonchev–Trinajstić information content (AvgIpc) is 2.29. The molecule has 0 aliphatic rings. The van der Waals surface area contributed by atoms with E-state index >= 15 is 0 Å². The van der Waals surface area contributed by atoms with Gasteiger partial charge in [-0.05, 0) is 31.2 Å². The maximum atomic E-state index is 11.9. The lowest BCUT2D eigenvalue weighted by molar-refractivity contribution is -0.121. The molecule has 0 fully saturated rings. The van der Waals surface area contributed by atoms with Gasteiger partial charge in [0.05, 0.1) is 16.7 Å². The molecule has 18 heavy (non-hydrogen) atoms. The number of hydrogen-bond acceptors (Lipinski definition) is 4. The van der Waals surface area contributed by atoms with E-state index in [0.29, 0.717) is 5.02 Å². The van der Waals surface area contributed by atoms with Crippen molar-refractivity contribution in [2.45, 2.75) is 17.9 Å². The number of sulfone groups is 1. The van der Waals surface area contributed by atoms with Crippen LogP contribution < -0.4 is 11.1 Å². The lowest BCUT2D eigenvalue weighted by Crippen LogP contribution is -2.40. The Labute approximate surface area is 111 Å². The minimum atomic E-state index is -3.41. The van der Waals surface area contributed by atoms with Crippen molar-refractivity contribution in [2.75, 3.05) is 12.3 Å². The predicted octanol–water partition coefficient (Wildman–Crippen LogP) is 0.577. The quantitative estimate of drug-likeness (QED) is 0.830. The zero-order valence-corrected chi connectivity index (χ0v) is 11.5. The highest BCUT2D eigenvalue weighted by molar-refractivity contribution is 7.91. The van der Waals surface area contributed by atoms with Crippen LogP contribution in [0.5, 0.6) is 0 Å². The van der Waals surface area contributed by atoms with Gasteiger partial charge in [0.15, 0.2) is 9.84 Å². The van der Waals surface area contributed by atoms with Gasteiger partial charge >= 0.3 is 0 Å². The molecule has 0 aliphatic heterocycles. The molecule has 0 aromatic heterocycles. The van der Waals surface area contributed by atoms with E-state index in [1.165, 1.54) is 31.2 Å². The number of nitrogens with one attached hydrogen (secondary N) is 1. The lowest BCUT2D eigenvalue weighted by atomic mass is 10.3. The summed E-state index contributed by atoms with van der Waals surface area (Å²) < 4.78 is 23.7. The molecule has 1 atom stereocenters. The second kappa shape index (κ2) is 6.17. The third kappa shape index (κ3) is 4.29. The highest BCUT2D eigenvalue weighted by Crippen LogP contribution is 2.14. The molecule has 3 N–H and O–H groups in total. The summed E-state index contributed by atoms with van der Waals surface area (Å²) in [5, 5.41) is 2.92. The molecule has 0 saturated carbocycles. The second-order valence-electron chi connectivity index (χ2n) is 3.85. The van der Waals surface area contributed by atoms with Crippen molar-refractivity contribution in [3.63, 3.8) is 0 Å². The zero-order valence-electron chi connectivity index (χ0n) is 9.89. The maximum absolute atomic E-state index is 11.9. The summed E-state index contributed by atoms with van der Waals surface area (Å²) in [7, 11) is -3.41. The van der Waals surface area contributed by atoms with Crippen LogP contribution in [0.2, 0.25) is 5.02 Å². The molecule has 0 saturated heterocycles. The van der Waals surface area contributed by atoms with E-state index in [0.717, 1.165) is 0 Å². The van der Waals surface area contributed by atoms with Crippen LogP contribution in [0.25, 0.3) is 0 Å². The Morgan fingerprint density at radius 2 is 1.94 bits per heavy atom. The molecule has 5 nitrogen and oxygen atoms in total. The zero-order chi connectivity index (χ0) is 13.8. The van der Waals surface area contributed by atoms with Crippen LogP contribution >= 0.6 is 11.6 Å². The lowest BCUT2D eigenvalue weighted by Gasteiger charge is -2.08. The van der Waals surface area contributed by atoms with Crippen molar-refractivity contribution in [2.24, 2.45) is 5.73 Å². The van der Waals surface area contributed by atoms with Gasteiger partial charge in [0, 0.05) is 11.6 Å². The van der Waals surface area contributed by atoms with Gasteiger partial charge < -0.3 is 11.1 Å². The number of hydrogen-bond donors (Lipinski definition) is 2. The molecular weight excluding hydrogens is 276 g/mol. The SMILES string of the molecule is C[C@H](N)C(=O)NCCS(=O)(=O)c1ccc(Cl)cc1. The van der Waals surface area contributed by atoms with Crippen molar-refractivity contribution in [1.82, 2.24) is 5.32 Å². The second-order valence-corrected chi connectivity index (χ2v) is 6.40. The molecule has 0 radical (unpaired) electrons. The molecule has 0 unspecified atom stereocenters. The Hall–Kier alpha value is -1.11. The number of carbonyl (C=O) groups excluding carboxylic acids is 1. The van der Waals surface area contributed by atoms with Crippen LogP contribution in [0, 0.1) is 0 Å². The van der Waals surface area contributed by atoms with Crippen LogP contribution in [-0.4, -0.2) is 32.7 Å². The number of carbonyl (C=O) groups is 1. The normalized spacial score (nSPS) is 13.1. The third-order valence-electron chi connectivity index (χ3n) is 2.26. The van der Waals surface area contributed by atoms with Gasteiger partial charge in [-0.1, -0.05) is 11.6 Å². The van der Waals surface area contributed by atoms with Crippen molar-refractivity contribution >= 4 is 27.3 Å². The topological polar surface area (TPSA) is 89.3 Å². The van der Waals surface area contributed by atoms with Crippen LogP contribution in [0.15, 0.2) is 29.2 Å². The van der Waals surface area contributed by atoms with E-state index < -0.39 is 15.9 Å². The summed E-state index contributed by atoms with van der Waals surface area (Å²) in [5.41, 5.74) is 5.34. The minimum Gasteiger partial charge on any atom is -0.354 e. The Bertz CT molecular complexity index is 512. The molecule has 1 rings (SSSR count). The third-order valence-corrected chi connectivity index (χ3v) is 4.24. The van der Waals surface area contributed by atoms with Crippen molar-refractivity contribution in [3.05, 3.63) is 29.3 Å². The first-order chi connectivity index (χ1) is 8.33. The number of benzene rings is 1. The van der Waals surface area contributed by atoms with Crippen molar-refractivity contribution in [3.8, 4) is 0 Å². The summed E-state index contributed by atoms with van der Waals surface area (Å²) in [6.07, 6.45) is 0. The standard InChI is InChI=1S/C11H15ClN2O3S/c1-8(13)11(15)14-6-7-18(16,17)10-4-2-9(12)3-5-10/h2-5,8H,6-7,13H2,1H3,(H,14,15)/t8-/m0/s1. The maximum Gasteiger partial charge on any atom is 0.236 e. The Morgan fingerprint density at radius 3 is 2.44 bits per heavy atom. The molecule has 100 valence electrons. The van der Waals surface area contributed by atoms with E-state index in [-0.39, 0.29) is 23.1 Å². The molecule has 0 heterocycles. The Morgan fingerprint density at radius 1 is 1.39 bits per heavy atom. The number of halogens is 1. The largest absolute Gasteiger partial charge is 0.354 e. The number of amides is 1. The first-order valence-corrected chi connectivity index (χ1v) is 7.37. The molecule has 0 spiro atoms. The van der Waals surface area contributed by atoms with Gasteiger partial charge in [0.1, 0.15) is 0 Å². The number of nitrogens with two attached hydrogens (primary N) is 1. The van der Waals surface area contributed by atoms with Gasteiger partial charge in [-0.2, -0.15) is 0 Å². The average molecular weight is 291 g/mol. The summed E-state index contributed by atoms with van der Waals surface area (Å²) in [6.45, 7) is 1.56. The summed E-state index contributed by atoms with van der Waals surface area (Å²) in [4.78, 5) is 11.3. The summed E-state index contributed by atoms with van der Waals surface area (Å²) in [6, 6.07) is 5.24. The molecular formula is C11H15ClN2O3S. The van der Waals surface area contributed by atoms with Crippen LogP contribution in [-0.2, 0) is 14.6 Å². The van der Waals surface area contributed by atoms with E-state index in [4.69, 9.17) is 17.3 Å². The van der Waals surface area contributed by atoms with Gasteiger partial charge in [-0.3, -0.25) is 4.79 Å². The van der Waals surface area contributed by atoms with Crippen LogP contribution in [0.4, 0.5) is 0 Å². The van der Waals surface area contributed by atoms with E-state index in [1.54, 1.807) is 0 Å². The first kappa shape index (κ1) is 14.9. The van der Waals surface area contributed by atoms with Crippen molar-refractivity contribution in [1.29, 1.82) is 0 Å². The van der Waals surface area contributed by atoms with Gasteiger partial charge in [-0.15, -0.1) is 0 Å². The van der Waals surface area contributed by atoms with Gasteiger partial charge in [0.2, 0.25) is 5.91 Å². The molecule has 1 amide bonds. The fourth-order valence-electron chi connectivity index (χ4n) is 1.23. The van der Waals surface area contributed by atoms with E-state index in [9.17, 15) is 13.2 Å².